The van der Waals surface area contributed by atoms with E-state index < -0.39 is 58.0 Å². The van der Waals surface area contributed by atoms with Crippen molar-refractivity contribution in [2.45, 2.75) is 24.5 Å². The number of aliphatic hydroxyl groups is 3. The molecule has 176 valence electrons. The van der Waals surface area contributed by atoms with Crippen LogP contribution >= 0.6 is 0 Å². The second-order valence-corrected chi connectivity index (χ2v) is 9.31. The predicted octanol–water partition coefficient (Wildman–Crippen LogP) is 0.0300. The Bertz CT molecular complexity index is 1170. The lowest BCUT2D eigenvalue weighted by molar-refractivity contribution is -0.153. The number of carbonyl (C=O) groups excluding carboxylic acids is 3. The van der Waals surface area contributed by atoms with Crippen molar-refractivity contribution in [3.8, 4) is 5.75 Å². The first kappa shape index (κ1) is 22.8. The van der Waals surface area contributed by atoms with Crippen LogP contribution in [0.2, 0.25) is 0 Å². The summed E-state index contributed by atoms with van der Waals surface area (Å²) in [5, 5.41) is 43.9. The minimum atomic E-state index is -2.63. The molecule has 1 fully saturated rings. The van der Waals surface area contributed by atoms with Crippen LogP contribution in [0.15, 0.2) is 29.0 Å². The van der Waals surface area contributed by atoms with Crippen LogP contribution in [0.5, 0.6) is 5.75 Å². The highest BCUT2D eigenvalue weighted by Crippen LogP contribution is 2.53. The molecular formula is C23H27N3O7. The fourth-order valence-electron chi connectivity index (χ4n) is 5.65. The number of primary amides is 1. The Kier molecular flexibility index (Phi) is 5.06. The van der Waals surface area contributed by atoms with Crippen LogP contribution in [-0.4, -0.2) is 82.6 Å². The highest BCUT2D eigenvalue weighted by molar-refractivity contribution is 6.24. The highest BCUT2D eigenvalue weighted by atomic mass is 16.3. The fraction of sp³-hybridized carbons (Fsp3) is 0.435. The molecule has 0 radical (unpaired) electrons. The van der Waals surface area contributed by atoms with E-state index in [1.807, 2.05) is 19.0 Å². The lowest BCUT2D eigenvalue weighted by Gasteiger charge is -2.50. The standard InChI is InChI=1S/C23H27N3O7/c1-25(2)12-5-6-13(27)15-10(12)7-9-8-11-17(26(3)4)19(29)16(22(24)32)21(31)23(11,33)20(30)14(9)18(15)28/h5-6,9,11,17,27-28,31,33H,7-8H2,1-4H3,(H2,24,32)/t9-,11+,17-,23+/m1/s1. The predicted molar refractivity (Wildman–Crippen MR) is 119 cm³/mol. The van der Waals surface area contributed by atoms with E-state index in [1.165, 1.54) is 11.0 Å². The number of phenolic OH excluding ortho intramolecular Hbond substituents is 1. The van der Waals surface area contributed by atoms with Gasteiger partial charge in [-0.15, -0.1) is 0 Å². The molecule has 0 aliphatic heterocycles. The fourth-order valence-corrected chi connectivity index (χ4v) is 5.65. The Labute approximate surface area is 190 Å². The van der Waals surface area contributed by atoms with Gasteiger partial charge >= 0.3 is 0 Å². The lowest BCUT2D eigenvalue weighted by Crippen LogP contribution is -2.65. The zero-order chi connectivity index (χ0) is 24.6. The summed E-state index contributed by atoms with van der Waals surface area (Å²) in [6.45, 7) is 0. The van der Waals surface area contributed by atoms with Crippen LogP contribution in [0.4, 0.5) is 5.69 Å². The number of rotatable bonds is 3. The smallest absolute Gasteiger partial charge is 0.255 e. The normalized spacial score (nSPS) is 29.1. The van der Waals surface area contributed by atoms with Crippen molar-refractivity contribution >= 4 is 28.9 Å². The number of aliphatic hydroxyl groups excluding tert-OH is 2. The third-order valence-electron chi connectivity index (χ3n) is 7.06. The van der Waals surface area contributed by atoms with E-state index in [1.54, 1.807) is 20.2 Å². The van der Waals surface area contributed by atoms with Crippen molar-refractivity contribution in [3.05, 3.63) is 40.2 Å². The number of nitrogens with zero attached hydrogens (tertiary/aromatic N) is 2. The maximum Gasteiger partial charge on any atom is 0.255 e. The number of benzene rings is 1. The number of hydrogen-bond acceptors (Lipinski definition) is 9. The molecule has 33 heavy (non-hydrogen) atoms. The lowest BCUT2D eigenvalue weighted by atomic mass is 9.57. The van der Waals surface area contributed by atoms with Crippen LogP contribution in [0, 0.1) is 11.8 Å². The van der Waals surface area contributed by atoms with Crippen LogP contribution in [-0.2, 0) is 20.8 Å². The number of likely N-dealkylation sites (N-methyl/N-ethyl adjacent to an activating group) is 1. The molecule has 1 aromatic rings. The zero-order valence-electron chi connectivity index (χ0n) is 18.8. The first-order chi connectivity index (χ1) is 15.3. The number of anilines is 1. The molecule has 4 atom stereocenters. The van der Waals surface area contributed by atoms with Crippen molar-refractivity contribution in [1.29, 1.82) is 0 Å². The Morgan fingerprint density at radius 1 is 1.12 bits per heavy atom. The summed E-state index contributed by atoms with van der Waals surface area (Å²) in [4.78, 5) is 42.0. The van der Waals surface area contributed by atoms with Gasteiger partial charge < -0.3 is 31.1 Å². The number of nitrogens with two attached hydrogens (primary N) is 1. The third-order valence-corrected chi connectivity index (χ3v) is 7.06. The van der Waals surface area contributed by atoms with Crippen LogP contribution in [0.1, 0.15) is 17.5 Å². The average Bonchev–Trinajstić information content (AvgIpc) is 2.70. The summed E-state index contributed by atoms with van der Waals surface area (Å²) in [7, 11) is 6.75. The van der Waals surface area contributed by atoms with E-state index in [0.717, 1.165) is 5.69 Å². The van der Waals surface area contributed by atoms with Crippen LogP contribution in [0.25, 0.3) is 5.76 Å². The molecule has 3 aliphatic carbocycles. The number of aromatic hydroxyl groups is 1. The van der Waals surface area contributed by atoms with E-state index in [0.29, 0.717) is 5.56 Å². The molecule has 10 heteroatoms. The van der Waals surface area contributed by atoms with Crippen molar-refractivity contribution < 1.29 is 34.8 Å². The minimum absolute atomic E-state index is 0.0638. The Balaban J connectivity index is 1.99. The summed E-state index contributed by atoms with van der Waals surface area (Å²) < 4.78 is 0. The number of phenols is 1. The Hall–Kier alpha value is -3.37. The van der Waals surface area contributed by atoms with Crippen LogP contribution < -0.4 is 10.6 Å². The summed E-state index contributed by atoms with van der Waals surface area (Å²) in [6, 6.07) is 2.01. The Morgan fingerprint density at radius 3 is 2.30 bits per heavy atom. The molecule has 1 aromatic carbocycles. The molecule has 10 nitrogen and oxygen atoms in total. The van der Waals surface area contributed by atoms with E-state index in [-0.39, 0.29) is 29.7 Å². The molecule has 0 aromatic heterocycles. The summed E-state index contributed by atoms with van der Waals surface area (Å²) in [6.07, 6.45) is 0.324. The molecule has 1 amide bonds. The second kappa shape index (κ2) is 7.32. The number of amides is 1. The van der Waals surface area contributed by atoms with Gasteiger partial charge in [-0.2, -0.15) is 0 Å². The minimum Gasteiger partial charge on any atom is -0.508 e. The van der Waals surface area contributed by atoms with Gasteiger partial charge in [0, 0.05) is 31.3 Å². The van der Waals surface area contributed by atoms with Gasteiger partial charge in [-0.1, -0.05) is 0 Å². The van der Waals surface area contributed by atoms with Crippen LogP contribution in [0.3, 0.4) is 0 Å². The second-order valence-electron chi connectivity index (χ2n) is 9.31. The molecule has 0 saturated heterocycles. The van der Waals surface area contributed by atoms with Gasteiger partial charge in [0.25, 0.3) is 5.91 Å². The number of ketones is 2. The topological polar surface area (TPSA) is 165 Å². The number of Topliss-reactive ketones (excluding diaryl/α,β-unsaturated/α-hetero) is 2. The van der Waals surface area contributed by atoms with Gasteiger partial charge in [0.2, 0.25) is 5.78 Å². The molecule has 0 bridgehead atoms. The molecule has 0 heterocycles. The Morgan fingerprint density at radius 2 is 1.76 bits per heavy atom. The number of carbonyl (C=O) groups is 3. The summed E-state index contributed by atoms with van der Waals surface area (Å²) in [5.41, 5.74) is 3.15. The summed E-state index contributed by atoms with van der Waals surface area (Å²) >= 11 is 0. The number of fused-ring (bicyclic) bond motifs is 3. The van der Waals surface area contributed by atoms with Gasteiger partial charge in [0.1, 0.15) is 22.8 Å². The largest absolute Gasteiger partial charge is 0.508 e. The van der Waals surface area contributed by atoms with Gasteiger partial charge in [0.15, 0.2) is 11.4 Å². The highest BCUT2D eigenvalue weighted by Gasteiger charge is 2.64. The molecule has 0 spiro atoms. The molecular weight excluding hydrogens is 430 g/mol. The maximum atomic E-state index is 13.7. The van der Waals surface area contributed by atoms with E-state index in [4.69, 9.17) is 5.73 Å². The number of hydrogen-bond donors (Lipinski definition) is 5. The molecule has 1 saturated carbocycles. The first-order valence-electron chi connectivity index (χ1n) is 10.5. The maximum absolute atomic E-state index is 13.7. The van der Waals surface area contributed by atoms with Crippen molar-refractivity contribution in [2.24, 2.45) is 17.6 Å². The van der Waals surface area contributed by atoms with E-state index in [9.17, 15) is 34.8 Å². The van der Waals surface area contributed by atoms with Gasteiger partial charge in [-0.3, -0.25) is 19.3 Å². The molecule has 0 unspecified atom stereocenters. The van der Waals surface area contributed by atoms with Crippen molar-refractivity contribution in [1.82, 2.24) is 4.90 Å². The van der Waals surface area contributed by atoms with Crippen molar-refractivity contribution in [3.63, 3.8) is 0 Å². The van der Waals surface area contributed by atoms with E-state index >= 15 is 0 Å². The van der Waals surface area contributed by atoms with Crippen molar-refractivity contribution in [2.75, 3.05) is 33.1 Å². The van der Waals surface area contributed by atoms with E-state index in [2.05, 4.69) is 0 Å². The average molecular weight is 457 g/mol. The van der Waals surface area contributed by atoms with Gasteiger partial charge in [-0.25, -0.2) is 0 Å². The molecule has 6 N–H and O–H groups in total. The first-order valence-corrected chi connectivity index (χ1v) is 10.5. The molecule has 4 rings (SSSR count). The summed E-state index contributed by atoms with van der Waals surface area (Å²) in [5.74, 6) is -6.54. The van der Waals surface area contributed by atoms with Gasteiger partial charge in [0.05, 0.1) is 11.6 Å². The quantitative estimate of drug-likeness (QED) is 0.394. The zero-order valence-corrected chi connectivity index (χ0v) is 18.8. The third kappa shape index (κ3) is 2.90. The monoisotopic (exact) mass is 457 g/mol. The molecule has 3 aliphatic rings. The van der Waals surface area contributed by atoms with Gasteiger partial charge in [-0.05, 0) is 50.6 Å². The SMILES string of the molecule is CN(C)c1ccc(O)c2c1C[C@@H]1C[C@H]3[C@@H](N(C)C)C(=O)C(C(N)=O)=C(O)[C@@]3(O)C(=O)C1=C2O.